The van der Waals surface area contributed by atoms with E-state index in [-0.39, 0.29) is 34.5 Å². The van der Waals surface area contributed by atoms with E-state index in [1.54, 1.807) is 0 Å². The average Bonchev–Trinajstić information content (AvgIpc) is 3.06. The van der Waals surface area contributed by atoms with E-state index < -0.39 is 23.9 Å². The molecule has 4 aliphatic carbocycles. The highest BCUT2D eigenvalue weighted by molar-refractivity contribution is 5.20. The lowest BCUT2D eigenvalue weighted by atomic mass is 9.40. The molecule has 33 heavy (non-hydrogen) atoms. The highest BCUT2D eigenvalue weighted by Crippen LogP contribution is 2.70. The summed E-state index contributed by atoms with van der Waals surface area (Å²) < 4.78 is 0. The Hall–Kier alpha value is -0.420. The van der Waals surface area contributed by atoms with Crippen LogP contribution >= 0.6 is 0 Å². The minimum absolute atomic E-state index is 0.0192. The summed E-state index contributed by atoms with van der Waals surface area (Å²) in [5, 5.41) is 45.4. The minimum Gasteiger partial charge on any atom is -0.393 e. The molecule has 4 rings (SSSR count). The van der Waals surface area contributed by atoms with Crippen LogP contribution in [0.3, 0.4) is 0 Å². The number of aliphatic hydroxyl groups is 4. The molecule has 0 bridgehead atoms. The van der Waals surface area contributed by atoms with E-state index in [1.165, 1.54) is 5.57 Å². The summed E-state index contributed by atoms with van der Waals surface area (Å²) in [4.78, 5) is 0. The van der Waals surface area contributed by atoms with E-state index in [1.807, 2.05) is 6.92 Å². The number of allylic oxidation sites excluding steroid dienone is 1. The summed E-state index contributed by atoms with van der Waals surface area (Å²) in [5.74, 6) is 1.72. The second-order valence-electron chi connectivity index (χ2n) is 13.6. The van der Waals surface area contributed by atoms with Gasteiger partial charge in [-0.25, -0.2) is 0 Å². The quantitative estimate of drug-likeness (QED) is 0.436. The second kappa shape index (κ2) is 8.61. The van der Waals surface area contributed by atoms with Gasteiger partial charge in [-0.15, -0.1) is 0 Å². The molecule has 0 aromatic heterocycles. The van der Waals surface area contributed by atoms with Gasteiger partial charge in [-0.05, 0) is 97.7 Å². The summed E-state index contributed by atoms with van der Waals surface area (Å²) in [6.45, 7) is 17.6. The fraction of sp³-hybridized carbons (Fsp3) is 0.931. The smallest absolute Gasteiger partial charge is 0.0827 e. The van der Waals surface area contributed by atoms with Crippen LogP contribution in [0.1, 0.15) is 92.9 Å². The van der Waals surface area contributed by atoms with E-state index in [9.17, 15) is 20.4 Å². The van der Waals surface area contributed by atoms with Gasteiger partial charge in [0.05, 0.1) is 23.9 Å². The van der Waals surface area contributed by atoms with Crippen LogP contribution in [0.2, 0.25) is 0 Å². The maximum absolute atomic E-state index is 12.4. The third-order valence-corrected chi connectivity index (χ3v) is 11.6. The molecule has 12 atom stereocenters. The van der Waals surface area contributed by atoms with Crippen molar-refractivity contribution in [2.45, 2.75) is 117 Å². The number of hydrogen-bond acceptors (Lipinski definition) is 4. The SMILES string of the molecule is C=C(CC[C@@H](C)[C@H]1CCC2C3(O)CCC4[C@H](C)[C@@H](O)[C@@H](O)C[C@]4(C)C3[C@@H](O)C[C@@]21C)C(C)C. The predicted molar refractivity (Wildman–Crippen MR) is 132 cm³/mol. The summed E-state index contributed by atoms with van der Waals surface area (Å²) in [6, 6.07) is 0. The molecule has 0 heterocycles. The molecule has 4 nitrogen and oxygen atoms in total. The molecule has 4 N–H and O–H groups in total. The number of fused-ring (bicyclic) bond motifs is 5. The third-order valence-electron chi connectivity index (χ3n) is 11.6. The van der Waals surface area contributed by atoms with Gasteiger partial charge in [0.15, 0.2) is 0 Å². The first-order valence-corrected chi connectivity index (χ1v) is 13.7. The molecule has 0 aromatic carbocycles. The second-order valence-corrected chi connectivity index (χ2v) is 13.6. The lowest BCUT2D eigenvalue weighted by molar-refractivity contribution is -0.277. The van der Waals surface area contributed by atoms with Crippen LogP contribution in [0, 0.1) is 52.3 Å². The number of aliphatic hydroxyl groups excluding tert-OH is 3. The standard InChI is InChI=1S/C29H50O4/c1-16(2)17(3)8-9-18(4)20-10-11-24-27(20,6)15-23(31)26-28(7)14-22(30)25(32)19(5)21(28)12-13-29(24,26)33/h16,18-26,30-33H,3,8-15H2,1-2,4-7H3/t18-,19+,20-,21?,22+,23+,24?,25-,26?,27-,28+,29?/m1/s1. The maximum Gasteiger partial charge on any atom is 0.0827 e. The van der Waals surface area contributed by atoms with E-state index in [0.717, 1.165) is 38.5 Å². The van der Waals surface area contributed by atoms with Crippen LogP contribution < -0.4 is 0 Å². The zero-order valence-corrected chi connectivity index (χ0v) is 21.9. The van der Waals surface area contributed by atoms with Gasteiger partial charge >= 0.3 is 0 Å². The van der Waals surface area contributed by atoms with Crippen LogP contribution in [0.5, 0.6) is 0 Å². The Morgan fingerprint density at radius 1 is 0.970 bits per heavy atom. The largest absolute Gasteiger partial charge is 0.393 e. The normalized spacial score (nSPS) is 52.7. The zero-order chi connectivity index (χ0) is 24.5. The highest BCUT2D eigenvalue weighted by Gasteiger charge is 2.70. The first-order valence-electron chi connectivity index (χ1n) is 13.7. The Labute approximate surface area is 201 Å². The minimum atomic E-state index is -0.893. The Balaban J connectivity index is 1.60. The van der Waals surface area contributed by atoms with E-state index in [4.69, 9.17) is 0 Å². The van der Waals surface area contributed by atoms with E-state index in [0.29, 0.717) is 30.6 Å². The van der Waals surface area contributed by atoms with Gasteiger partial charge in [-0.1, -0.05) is 53.7 Å². The van der Waals surface area contributed by atoms with Gasteiger partial charge in [0, 0.05) is 5.92 Å². The van der Waals surface area contributed by atoms with Gasteiger partial charge in [0.2, 0.25) is 0 Å². The van der Waals surface area contributed by atoms with Gasteiger partial charge in [-0.3, -0.25) is 0 Å². The molecule has 0 aromatic rings. The van der Waals surface area contributed by atoms with Crippen LogP contribution in [0.25, 0.3) is 0 Å². The zero-order valence-electron chi connectivity index (χ0n) is 21.9. The maximum atomic E-state index is 12.4. The van der Waals surface area contributed by atoms with E-state index in [2.05, 4.69) is 41.2 Å². The van der Waals surface area contributed by atoms with Crippen molar-refractivity contribution in [3.63, 3.8) is 0 Å². The Kier molecular flexibility index (Phi) is 6.69. The molecule has 0 saturated heterocycles. The van der Waals surface area contributed by atoms with Gasteiger partial charge in [-0.2, -0.15) is 0 Å². The third kappa shape index (κ3) is 3.77. The van der Waals surface area contributed by atoms with Crippen LogP contribution in [-0.4, -0.2) is 44.3 Å². The van der Waals surface area contributed by atoms with Crippen molar-refractivity contribution in [2.24, 2.45) is 52.3 Å². The Morgan fingerprint density at radius 2 is 1.61 bits per heavy atom. The molecule has 190 valence electrons. The fourth-order valence-electron chi connectivity index (χ4n) is 9.92. The molecule has 4 aliphatic rings. The first kappa shape index (κ1) is 25.7. The van der Waals surface area contributed by atoms with Gasteiger partial charge in [0.1, 0.15) is 0 Å². The van der Waals surface area contributed by atoms with Crippen molar-refractivity contribution in [1.29, 1.82) is 0 Å². The van der Waals surface area contributed by atoms with Gasteiger partial charge < -0.3 is 20.4 Å². The molecule has 0 amide bonds. The highest BCUT2D eigenvalue weighted by atomic mass is 16.3. The summed E-state index contributed by atoms with van der Waals surface area (Å²) in [5.41, 5.74) is 0.00690. The number of hydrogen-bond donors (Lipinski definition) is 4. The summed E-state index contributed by atoms with van der Waals surface area (Å²) in [6.07, 6.45) is 5.04. The lowest BCUT2D eigenvalue weighted by Gasteiger charge is -2.67. The average molecular weight is 463 g/mol. The summed E-state index contributed by atoms with van der Waals surface area (Å²) in [7, 11) is 0. The molecule has 0 aliphatic heterocycles. The number of rotatable bonds is 5. The van der Waals surface area contributed by atoms with Gasteiger partial charge in [0.25, 0.3) is 0 Å². The van der Waals surface area contributed by atoms with Crippen molar-refractivity contribution >= 4 is 0 Å². The van der Waals surface area contributed by atoms with Crippen molar-refractivity contribution in [3.8, 4) is 0 Å². The van der Waals surface area contributed by atoms with Crippen molar-refractivity contribution in [2.75, 3.05) is 0 Å². The molecular formula is C29H50O4. The predicted octanol–water partition coefficient (Wildman–Crippen LogP) is 4.94. The van der Waals surface area contributed by atoms with E-state index >= 15 is 0 Å². The van der Waals surface area contributed by atoms with Crippen molar-refractivity contribution in [1.82, 2.24) is 0 Å². The molecule has 4 saturated carbocycles. The van der Waals surface area contributed by atoms with Crippen molar-refractivity contribution in [3.05, 3.63) is 12.2 Å². The summed E-state index contributed by atoms with van der Waals surface area (Å²) >= 11 is 0. The lowest BCUT2D eigenvalue weighted by Crippen LogP contribution is -2.70. The molecule has 4 unspecified atom stereocenters. The molecule has 0 spiro atoms. The topological polar surface area (TPSA) is 80.9 Å². The first-order chi connectivity index (χ1) is 15.3. The van der Waals surface area contributed by atoms with Crippen LogP contribution in [0.4, 0.5) is 0 Å². The van der Waals surface area contributed by atoms with Crippen LogP contribution in [-0.2, 0) is 0 Å². The van der Waals surface area contributed by atoms with Crippen molar-refractivity contribution < 1.29 is 20.4 Å². The monoisotopic (exact) mass is 462 g/mol. The van der Waals surface area contributed by atoms with Crippen LogP contribution in [0.15, 0.2) is 12.2 Å². The Bertz CT molecular complexity index is 750. The molecule has 4 heteroatoms. The Morgan fingerprint density at radius 3 is 2.24 bits per heavy atom. The molecule has 4 fully saturated rings. The fourth-order valence-corrected chi connectivity index (χ4v) is 9.92. The molecule has 0 radical (unpaired) electrons. The molecular weight excluding hydrogens is 412 g/mol.